The summed E-state index contributed by atoms with van der Waals surface area (Å²) in [6, 6.07) is 2.09. The highest BCUT2D eigenvalue weighted by Crippen LogP contribution is 2.37. The van der Waals surface area contributed by atoms with Crippen LogP contribution in [-0.4, -0.2) is 27.7 Å². The maximum atomic E-state index is 12.2. The van der Waals surface area contributed by atoms with E-state index in [1.54, 1.807) is 12.3 Å². The van der Waals surface area contributed by atoms with Gasteiger partial charge in [0.1, 0.15) is 5.69 Å². The minimum absolute atomic E-state index is 0.167. The zero-order chi connectivity index (χ0) is 14.0. The Morgan fingerprint density at radius 2 is 2.16 bits per heavy atom. The normalized spacial score (nSPS) is 15.6. The summed E-state index contributed by atoms with van der Waals surface area (Å²) in [5.41, 5.74) is -0.238. The number of hydrogen-bond acceptors (Lipinski definition) is 2. The molecule has 0 bridgehead atoms. The molecule has 1 aromatic heterocycles. The third kappa shape index (κ3) is 3.31. The van der Waals surface area contributed by atoms with Gasteiger partial charge in [-0.05, 0) is 31.7 Å². The highest BCUT2D eigenvalue weighted by atomic mass is 35.5. The van der Waals surface area contributed by atoms with E-state index in [2.05, 4.69) is 5.32 Å². The standard InChI is InChI=1S/C14H21ClN2O2/c1-3-14(19,4-2)9-16-13(18)12-7-10(15)8-17(12)11-5-6-11/h7-8,11,19H,3-6,9H2,1-2H3,(H,16,18). The van der Waals surface area contributed by atoms with Crippen LogP contribution in [0.2, 0.25) is 5.02 Å². The van der Waals surface area contributed by atoms with Gasteiger partial charge in [-0.2, -0.15) is 0 Å². The lowest BCUT2D eigenvalue weighted by Crippen LogP contribution is -2.42. The van der Waals surface area contributed by atoms with Crippen LogP contribution in [0.4, 0.5) is 0 Å². The van der Waals surface area contributed by atoms with Crippen LogP contribution in [0.1, 0.15) is 56.1 Å². The molecule has 2 N–H and O–H groups in total. The molecule has 106 valence electrons. The molecule has 0 unspecified atom stereocenters. The van der Waals surface area contributed by atoms with E-state index in [-0.39, 0.29) is 12.5 Å². The molecule has 1 aliphatic carbocycles. The van der Waals surface area contributed by atoms with Crippen molar-refractivity contribution in [1.82, 2.24) is 9.88 Å². The minimum Gasteiger partial charge on any atom is -0.388 e. The van der Waals surface area contributed by atoms with Crippen LogP contribution >= 0.6 is 11.6 Å². The number of nitrogens with zero attached hydrogens (tertiary/aromatic N) is 1. The SMILES string of the molecule is CCC(O)(CC)CNC(=O)c1cc(Cl)cn1C1CC1. The van der Waals surface area contributed by atoms with Crippen molar-refractivity contribution in [1.29, 1.82) is 0 Å². The van der Waals surface area contributed by atoms with Crippen LogP contribution in [0, 0.1) is 0 Å². The molecule has 1 aliphatic rings. The van der Waals surface area contributed by atoms with Crippen molar-refractivity contribution in [2.45, 2.75) is 51.2 Å². The molecule has 19 heavy (non-hydrogen) atoms. The Hall–Kier alpha value is -1.00. The van der Waals surface area contributed by atoms with Crippen LogP contribution in [0.25, 0.3) is 0 Å². The number of hydrogen-bond donors (Lipinski definition) is 2. The molecule has 0 aliphatic heterocycles. The summed E-state index contributed by atoms with van der Waals surface area (Å²) in [6.45, 7) is 4.10. The Labute approximate surface area is 118 Å². The predicted octanol–water partition coefficient (Wildman–Crippen LogP) is 2.76. The number of carbonyl (C=O) groups is 1. The van der Waals surface area contributed by atoms with E-state index < -0.39 is 5.60 Å². The maximum absolute atomic E-state index is 12.2. The molecule has 1 heterocycles. The molecule has 0 radical (unpaired) electrons. The summed E-state index contributed by atoms with van der Waals surface area (Å²) in [5, 5.41) is 13.6. The van der Waals surface area contributed by atoms with Crippen molar-refractivity contribution in [3.63, 3.8) is 0 Å². The quantitative estimate of drug-likeness (QED) is 0.844. The number of carbonyl (C=O) groups excluding carboxylic acids is 1. The first-order valence-electron chi connectivity index (χ1n) is 6.87. The van der Waals surface area contributed by atoms with Crippen molar-refractivity contribution in [2.75, 3.05) is 6.54 Å². The second kappa shape index (κ2) is 5.55. The summed E-state index contributed by atoms with van der Waals surface area (Å²) in [4.78, 5) is 12.2. The predicted molar refractivity (Wildman–Crippen MR) is 75.6 cm³/mol. The fourth-order valence-corrected chi connectivity index (χ4v) is 2.33. The van der Waals surface area contributed by atoms with Gasteiger partial charge in [-0.25, -0.2) is 0 Å². The van der Waals surface area contributed by atoms with E-state index >= 15 is 0 Å². The number of aliphatic hydroxyl groups is 1. The Balaban J connectivity index is 2.04. The molecule has 1 fully saturated rings. The smallest absolute Gasteiger partial charge is 0.268 e. The average Bonchev–Trinajstić information content (AvgIpc) is 3.18. The Kier molecular flexibility index (Phi) is 4.21. The molecule has 0 saturated heterocycles. The van der Waals surface area contributed by atoms with Crippen LogP contribution in [0.3, 0.4) is 0 Å². The zero-order valence-electron chi connectivity index (χ0n) is 11.4. The van der Waals surface area contributed by atoms with Gasteiger partial charge in [-0.1, -0.05) is 25.4 Å². The highest BCUT2D eigenvalue weighted by molar-refractivity contribution is 6.31. The first-order chi connectivity index (χ1) is 8.99. The van der Waals surface area contributed by atoms with Gasteiger partial charge in [-0.3, -0.25) is 4.79 Å². The largest absolute Gasteiger partial charge is 0.388 e. The van der Waals surface area contributed by atoms with E-state index in [4.69, 9.17) is 11.6 Å². The van der Waals surface area contributed by atoms with Gasteiger partial charge in [0, 0.05) is 18.8 Å². The summed E-state index contributed by atoms with van der Waals surface area (Å²) in [6.07, 6.45) is 5.24. The van der Waals surface area contributed by atoms with Crippen LogP contribution < -0.4 is 5.32 Å². The Morgan fingerprint density at radius 1 is 1.53 bits per heavy atom. The summed E-state index contributed by atoms with van der Waals surface area (Å²) < 4.78 is 1.94. The topological polar surface area (TPSA) is 54.3 Å². The van der Waals surface area contributed by atoms with Crippen molar-refractivity contribution in [3.8, 4) is 0 Å². The Bertz CT molecular complexity index is 462. The summed E-state index contributed by atoms with van der Waals surface area (Å²) in [5.74, 6) is -0.167. The number of rotatable bonds is 6. The molecule has 0 aromatic carbocycles. The van der Waals surface area contributed by atoms with Crippen molar-refractivity contribution in [2.24, 2.45) is 0 Å². The maximum Gasteiger partial charge on any atom is 0.268 e. The van der Waals surface area contributed by atoms with Gasteiger partial charge in [0.25, 0.3) is 5.91 Å². The third-order valence-electron chi connectivity index (χ3n) is 3.88. The van der Waals surface area contributed by atoms with Gasteiger partial charge in [0.05, 0.1) is 10.6 Å². The van der Waals surface area contributed by atoms with E-state index in [0.717, 1.165) is 12.8 Å². The third-order valence-corrected chi connectivity index (χ3v) is 4.09. The van der Waals surface area contributed by atoms with Crippen LogP contribution in [0.15, 0.2) is 12.3 Å². The molecule has 1 saturated carbocycles. The summed E-state index contributed by atoms with van der Waals surface area (Å²) in [7, 11) is 0. The molecule has 0 spiro atoms. The Morgan fingerprint density at radius 3 is 2.68 bits per heavy atom. The fraction of sp³-hybridized carbons (Fsp3) is 0.643. The molecule has 4 nitrogen and oxygen atoms in total. The molecular weight excluding hydrogens is 264 g/mol. The second-order valence-corrected chi connectivity index (χ2v) is 5.73. The average molecular weight is 285 g/mol. The first kappa shape index (κ1) is 14.4. The zero-order valence-corrected chi connectivity index (χ0v) is 12.2. The van der Waals surface area contributed by atoms with Crippen LogP contribution in [0.5, 0.6) is 0 Å². The van der Waals surface area contributed by atoms with E-state index in [0.29, 0.717) is 29.6 Å². The van der Waals surface area contributed by atoms with Gasteiger partial charge in [0.15, 0.2) is 0 Å². The monoisotopic (exact) mass is 284 g/mol. The lowest BCUT2D eigenvalue weighted by Gasteiger charge is -2.25. The van der Waals surface area contributed by atoms with Crippen molar-refractivity contribution >= 4 is 17.5 Å². The molecule has 1 aromatic rings. The summed E-state index contributed by atoms with van der Waals surface area (Å²) >= 11 is 5.98. The number of nitrogens with one attached hydrogen (secondary N) is 1. The van der Waals surface area contributed by atoms with E-state index in [1.807, 2.05) is 18.4 Å². The van der Waals surface area contributed by atoms with Gasteiger partial charge < -0.3 is 15.0 Å². The lowest BCUT2D eigenvalue weighted by atomic mass is 9.97. The van der Waals surface area contributed by atoms with Crippen LogP contribution in [-0.2, 0) is 0 Å². The lowest BCUT2D eigenvalue weighted by molar-refractivity contribution is 0.0312. The van der Waals surface area contributed by atoms with E-state index in [9.17, 15) is 9.90 Å². The number of amides is 1. The van der Waals surface area contributed by atoms with Gasteiger partial charge in [-0.15, -0.1) is 0 Å². The molecule has 5 heteroatoms. The first-order valence-corrected chi connectivity index (χ1v) is 7.25. The molecule has 0 atom stereocenters. The van der Waals surface area contributed by atoms with Gasteiger partial charge >= 0.3 is 0 Å². The number of aromatic nitrogens is 1. The molecule has 1 amide bonds. The highest BCUT2D eigenvalue weighted by Gasteiger charge is 2.29. The molecule has 2 rings (SSSR count). The van der Waals surface area contributed by atoms with Gasteiger partial charge in [0.2, 0.25) is 0 Å². The minimum atomic E-state index is -0.823. The van der Waals surface area contributed by atoms with Crippen molar-refractivity contribution in [3.05, 3.63) is 23.0 Å². The van der Waals surface area contributed by atoms with Crippen molar-refractivity contribution < 1.29 is 9.90 Å². The number of halogens is 1. The molecular formula is C14H21ClN2O2. The second-order valence-electron chi connectivity index (χ2n) is 5.30. The van der Waals surface area contributed by atoms with E-state index in [1.165, 1.54) is 0 Å². The fourth-order valence-electron chi connectivity index (χ4n) is 2.12.